The van der Waals surface area contributed by atoms with Crippen LogP contribution in [0.25, 0.3) is 0 Å². The van der Waals surface area contributed by atoms with Gasteiger partial charge in [-0.1, -0.05) is 11.3 Å². The molecular formula is C18H21N5O4S. The van der Waals surface area contributed by atoms with E-state index < -0.39 is 5.92 Å². The molecule has 2 heterocycles. The topological polar surface area (TPSA) is 114 Å². The molecule has 0 spiro atoms. The lowest BCUT2D eigenvalue weighted by Crippen LogP contribution is -2.28. The molecule has 2 aromatic rings. The molecule has 2 N–H and O–H groups in total. The van der Waals surface area contributed by atoms with Crippen molar-refractivity contribution in [2.24, 2.45) is 5.92 Å². The molecule has 28 heavy (non-hydrogen) atoms. The van der Waals surface area contributed by atoms with Gasteiger partial charge in [0.05, 0.1) is 5.92 Å². The first-order valence-electron chi connectivity index (χ1n) is 8.85. The minimum absolute atomic E-state index is 0.123. The van der Waals surface area contributed by atoms with E-state index in [9.17, 15) is 14.4 Å². The SMILES string of the molecule is CCOCc1nnc(NC(=O)C2CC(=O)N(c3ccc(NC(C)=O)cc3)C2)s1. The molecule has 9 nitrogen and oxygen atoms in total. The second-order valence-corrected chi connectivity index (χ2v) is 7.32. The summed E-state index contributed by atoms with van der Waals surface area (Å²) in [6, 6.07) is 6.93. The van der Waals surface area contributed by atoms with Crippen molar-refractivity contribution in [3.05, 3.63) is 29.3 Å². The Morgan fingerprint density at radius 2 is 2.00 bits per heavy atom. The highest BCUT2D eigenvalue weighted by molar-refractivity contribution is 7.15. The number of hydrogen-bond acceptors (Lipinski definition) is 7. The van der Waals surface area contributed by atoms with Crippen molar-refractivity contribution in [2.75, 3.05) is 28.7 Å². The average molecular weight is 403 g/mol. The number of rotatable bonds is 7. The molecule has 1 atom stereocenters. The first-order chi connectivity index (χ1) is 13.5. The molecule has 1 unspecified atom stereocenters. The van der Waals surface area contributed by atoms with Crippen LogP contribution in [0.15, 0.2) is 24.3 Å². The van der Waals surface area contributed by atoms with Crippen LogP contribution in [0.5, 0.6) is 0 Å². The number of aromatic nitrogens is 2. The van der Waals surface area contributed by atoms with Gasteiger partial charge in [0.1, 0.15) is 11.6 Å². The van der Waals surface area contributed by atoms with E-state index in [0.29, 0.717) is 34.7 Å². The number of carbonyl (C=O) groups excluding carboxylic acids is 3. The number of ether oxygens (including phenoxy) is 1. The Bertz CT molecular complexity index is 867. The van der Waals surface area contributed by atoms with Crippen molar-refractivity contribution in [3.8, 4) is 0 Å². The number of benzene rings is 1. The number of nitrogens with one attached hydrogen (secondary N) is 2. The van der Waals surface area contributed by atoms with Crippen LogP contribution in [0.1, 0.15) is 25.3 Å². The Balaban J connectivity index is 1.59. The van der Waals surface area contributed by atoms with E-state index in [4.69, 9.17) is 4.74 Å². The van der Waals surface area contributed by atoms with Crippen LogP contribution in [0.2, 0.25) is 0 Å². The molecule has 1 saturated heterocycles. The largest absolute Gasteiger partial charge is 0.374 e. The van der Waals surface area contributed by atoms with Gasteiger partial charge in [0.2, 0.25) is 22.9 Å². The highest BCUT2D eigenvalue weighted by atomic mass is 32.1. The average Bonchev–Trinajstić information content (AvgIpc) is 3.26. The molecule has 1 fully saturated rings. The summed E-state index contributed by atoms with van der Waals surface area (Å²) in [4.78, 5) is 37.5. The van der Waals surface area contributed by atoms with Crippen LogP contribution in [-0.4, -0.2) is 41.1 Å². The van der Waals surface area contributed by atoms with E-state index in [-0.39, 0.29) is 30.7 Å². The summed E-state index contributed by atoms with van der Waals surface area (Å²) >= 11 is 1.25. The molecule has 1 aliphatic heterocycles. The lowest BCUT2D eigenvalue weighted by Gasteiger charge is -2.17. The zero-order chi connectivity index (χ0) is 20.1. The van der Waals surface area contributed by atoms with Gasteiger partial charge in [0, 0.05) is 37.9 Å². The fourth-order valence-electron chi connectivity index (χ4n) is 2.82. The van der Waals surface area contributed by atoms with E-state index in [2.05, 4.69) is 20.8 Å². The van der Waals surface area contributed by atoms with Crippen LogP contribution in [-0.2, 0) is 25.7 Å². The Kier molecular flexibility index (Phi) is 6.32. The fraction of sp³-hybridized carbons (Fsp3) is 0.389. The lowest BCUT2D eigenvalue weighted by molar-refractivity contribution is -0.122. The molecular weight excluding hydrogens is 382 g/mol. The molecule has 1 aliphatic rings. The maximum absolute atomic E-state index is 12.5. The normalized spacial score (nSPS) is 16.3. The van der Waals surface area contributed by atoms with Gasteiger partial charge < -0.3 is 20.3 Å². The Morgan fingerprint density at radius 3 is 2.68 bits per heavy atom. The third-order valence-electron chi connectivity index (χ3n) is 4.12. The van der Waals surface area contributed by atoms with Gasteiger partial charge in [0.15, 0.2) is 0 Å². The summed E-state index contributed by atoms with van der Waals surface area (Å²) in [6.45, 7) is 4.54. The molecule has 0 saturated carbocycles. The molecule has 10 heteroatoms. The van der Waals surface area contributed by atoms with Gasteiger partial charge >= 0.3 is 0 Å². The molecule has 1 aromatic carbocycles. The summed E-state index contributed by atoms with van der Waals surface area (Å²) in [6.07, 6.45) is 0.129. The van der Waals surface area contributed by atoms with Gasteiger partial charge in [-0.2, -0.15) is 0 Å². The minimum Gasteiger partial charge on any atom is -0.374 e. The number of hydrogen-bond donors (Lipinski definition) is 2. The van der Waals surface area contributed by atoms with Crippen molar-refractivity contribution in [2.45, 2.75) is 26.9 Å². The van der Waals surface area contributed by atoms with Crippen molar-refractivity contribution in [3.63, 3.8) is 0 Å². The van der Waals surface area contributed by atoms with Crippen molar-refractivity contribution >= 4 is 45.6 Å². The molecule has 1 aromatic heterocycles. The van der Waals surface area contributed by atoms with E-state index >= 15 is 0 Å². The molecule has 3 amide bonds. The molecule has 0 bridgehead atoms. The van der Waals surface area contributed by atoms with Gasteiger partial charge in [-0.25, -0.2) is 0 Å². The third-order valence-corrected chi connectivity index (χ3v) is 4.93. The summed E-state index contributed by atoms with van der Waals surface area (Å²) in [5, 5.41) is 14.4. The standard InChI is InChI=1S/C18H21N5O4S/c1-3-27-10-15-21-22-18(28-15)20-17(26)12-8-16(25)23(9-12)14-6-4-13(5-7-14)19-11(2)24/h4-7,12H,3,8-10H2,1-2H3,(H,19,24)(H,20,22,26). The van der Waals surface area contributed by atoms with Crippen LogP contribution < -0.4 is 15.5 Å². The quantitative estimate of drug-likeness (QED) is 0.731. The first-order valence-corrected chi connectivity index (χ1v) is 9.67. The highest BCUT2D eigenvalue weighted by Crippen LogP contribution is 2.27. The van der Waals surface area contributed by atoms with E-state index in [1.165, 1.54) is 18.3 Å². The monoisotopic (exact) mass is 403 g/mol. The first kappa shape index (κ1) is 19.9. The maximum atomic E-state index is 12.5. The number of amides is 3. The zero-order valence-electron chi connectivity index (χ0n) is 15.6. The van der Waals surface area contributed by atoms with Gasteiger partial charge in [-0.05, 0) is 31.2 Å². The van der Waals surface area contributed by atoms with Crippen LogP contribution in [0.4, 0.5) is 16.5 Å². The van der Waals surface area contributed by atoms with Crippen LogP contribution in [0.3, 0.4) is 0 Å². The molecule has 3 rings (SSSR count). The van der Waals surface area contributed by atoms with E-state index in [1.807, 2.05) is 6.92 Å². The molecule has 0 radical (unpaired) electrons. The zero-order valence-corrected chi connectivity index (χ0v) is 16.4. The number of anilines is 3. The smallest absolute Gasteiger partial charge is 0.231 e. The maximum Gasteiger partial charge on any atom is 0.231 e. The third kappa shape index (κ3) is 4.90. The van der Waals surface area contributed by atoms with E-state index in [1.54, 1.807) is 29.2 Å². The van der Waals surface area contributed by atoms with Crippen molar-refractivity contribution < 1.29 is 19.1 Å². The number of carbonyl (C=O) groups is 3. The highest BCUT2D eigenvalue weighted by Gasteiger charge is 2.35. The predicted molar refractivity (Wildman–Crippen MR) is 105 cm³/mol. The van der Waals surface area contributed by atoms with Crippen LogP contribution in [0, 0.1) is 5.92 Å². The predicted octanol–water partition coefficient (Wildman–Crippen LogP) is 2.02. The summed E-state index contributed by atoms with van der Waals surface area (Å²) in [5.41, 5.74) is 1.33. The molecule has 148 valence electrons. The summed E-state index contributed by atoms with van der Waals surface area (Å²) in [7, 11) is 0. The van der Waals surface area contributed by atoms with Crippen LogP contribution >= 0.6 is 11.3 Å². The van der Waals surface area contributed by atoms with Gasteiger partial charge in [-0.15, -0.1) is 10.2 Å². The number of nitrogens with zero attached hydrogens (tertiary/aromatic N) is 3. The summed E-state index contributed by atoms with van der Waals surface area (Å²) < 4.78 is 5.27. The van der Waals surface area contributed by atoms with Gasteiger partial charge in [0.25, 0.3) is 0 Å². The second-order valence-electron chi connectivity index (χ2n) is 6.26. The van der Waals surface area contributed by atoms with Gasteiger partial charge in [-0.3, -0.25) is 14.4 Å². The van der Waals surface area contributed by atoms with E-state index in [0.717, 1.165) is 0 Å². The van der Waals surface area contributed by atoms with Crippen molar-refractivity contribution in [1.29, 1.82) is 0 Å². The lowest BCUT2D eigenvalue weighted by atomic mass is 10.1. The summed E-state index contributed by atoms with van der Waals surface area (Å²) in [5.74, 6) is -1.02. The van der Waals surface area contributed by atoms with Crippen molar-refractivity contribution in [1.82, 2.24) is 10.2 Å². The minimum atomic E-state index is -0.471. The fourth-order valence-corrected chi connectivity index (χ4v) is 3.50. The Labute approximate surface area is 166 Å². The molecule has 0 aliphatic carbocycles. The second kappa shape index (κ2) is 8.89. The Hall–Kier alpha value is -2.85. The Morgan fingerprint density at radius 1 is 1.25 bits per heavy atom.